The third kappa shape index (κ3) is 3.73. The Kier molecular flexibility index (Phi) is 4.31. The molecule has 2 aliphatic carbocycles. The van der Waals surface area contributed by atoms with Crippen LogP contribution in [-0.4, -0.2) is 52.8 Å². The van der Waals surface area contributed by atoms with Gasteiger partial charge in [-0.3, -0.25) is 4.98 Å². The van der Waals surface area contributed by atoms with Crippen molar-refractivity contribution in [3.8, 4) is 5.88 Å². The highest BCUT2D eigenvalue weighted by atomic mass is 16.3. The van der Waals surface area contributed by atoms with Crippen molar-refractivity contribution < 1.29 is 5.11 Å². The first kappa shape index (κ1) is 17.9. The zero-order valence-corrected chi connectivity index (χ0v) is 15.8. The summed E-state index contributed by atoms with van der Waals surface area (Å²) in [6.45, 7) is 0. The predicted octanol–water partition coefficient (Wildman–Crippen LogP) is -0.861. The Morgan fingerprint density at radius 3 is 2.69 bits per heavy atom. The van der Waals surface area contributed by atoms with Crippen LogP contribution >= 0.6 is 0 Å². The number of aromatic nitrogens is 6. The van der Waals surface area contributed by atoms with Gasteiger partial charge >= 0.3 is 5.69 Å². The molecule has 152 valence electrons. The molecule has 0 spiro atoms. The van der Waals surface area contributed by atoms with E-state index in [-0.39, 0.29) is 29.7 Å². The Morgan fingerprint density at radius 2 is 2.00 bits per heavy atom. The number of hydrogen-bond acceptors (Lipinski definition) is 8. The van der Waals surface area contributed by atoms with Crippen LogP contribution in [0.15, 0.2) is 16.0 Å². The molecule has 3 aromatic heterocycles. The normalized spacial score (nSPS) is 23.8. The van der Waals surface area contributed by atoms with Gasteiger partial charge in [0.05, 0.1) is 12.2 Å². The van der Waals surface area contributed by atoms with Crippen molar-refractivity contribution in [2.75, 3.05) is 5.32 Å². The van der Waals surface area contributed by atoms with E-state index in [0.29, 0.717) is 22.4 Å². The number of nitrogens with one attached hydrogen (secondary N) is 3. The van der Waals surface area contributed by atoms with Crippen molar-refractivity contribution in [1.29, 1.82) is 0 Å². The monoisotopic (exact) mass is 397 g/mol. The van der Waals surface area contributed by atoms with Gasteiger partial charge in [0.15, 0.2) is 5.65 Å². The summed E-state index contributed by atoms with van der Waals surface area (Å²) in [6.07, 6.45) is 9.23. The molecular formula is C18H23N9O2. The topological polar surface area (TPSA) is 162 Å². The zero-order valence-electron chi connectivity index (χ0n) is 15.8. The molecule has 5 rings (SSSR count). The first-order chi connectivity index (χ1) is 14.0. The van der Waals surface area contributed by atoms with Crippen molar-refractivity contribution in [1.82, 2.24) is 29.5 Å². The van der Waals surface area contributed by atoms with Crippen LogP contribution in [0.3, 0.4) is 0 Å². The lowest BCUT2D eigenvalue weighted by Crippen LogP contribution is -2.34. The Morgan fingerprint density at radius 1 is 1.21 bits per heavy atom. The molecule has 0 amide bonds. The largest absolute Gasteiger partial charge is 0.493 e. The zero-order chi connectivity index (χ0) is 20.0. The van der Waals surface area contributed by atoms with Gasteiger partial charge in [-0.05, 0) is 44.6 Å². The fourth-order valence-corrected chi connectivity index (χ4v) is 3.59. The third-order valence-electron chi connectivity index (χ3n) is 5.36. The van der Waals surface area contributed by atoms with Gasteiger partial charge in [-0.25, -0.2) is 9.79 Å². The average molecular weight is 397 g/mol. The van der Waals surface area contributed by atoms with E-state index in [1.165, 1.54) is 0 Å². The van der Waals surface area contributed by atoms with E-state index in [1.807, 2.05) is 0 Å². The summed E-state index contributed by atoms with van der Waals surface area (Å²) < 4.78 is 1.59. The molecule has 3 heterocycles. The second-order valence-electron chi connectivity index (χ2n) is 7.78. The molecule has 0 radical (unpaired) electrons. The summed E-state index contributed by atoms with van der Waals surface area (Å²) >= 11 is 0. The SMILES string of the molecule is NC1CCC(Nc2nc(=NC3CC3)n3nc/c(=C/c4[nH]c(=O)[nH]c4O)c3n2)CC1. The van der Waals surface area contributed by atoms with Crippen molar-refractivity contribution in [3.05, 3.63) is 33.2 Å². The Hall–Kier alpha value is -3.21. The van der Waals surface area contributed by atoms with Gasteiger partial charge in [0.2, 0.25) is 11.8 Å². The minimum Gasteiger partial charge on any atom is -0.493 e. The average Bonchev–Trinajstić information content (AvgIpc) is 3.33. The van der Waals surface area contributed by atoms with E-state index < -0.39 is 5.69 Å². The van der Waals surface area contributed by atoms with E-state index >= 15 is 0 Å². The molecule has 0 aliphatic heterocycles. The summed E-state index contributed by atoms with van der Waals surface area (Å²) in [6, 6.07) is 0.811. The summed E-state index contributed by atoms with van der Waals surface area (Å²) in [5.41, 5.74) is 6.84. The van der Waals surface area contributed by atoms with Gasteiger partial charge in [0, 0.05) is 17.3 Å². The second-order valence-corrected chi connectivity index (χ2v) is 7.78. The van der Waals surface area contributed by atoms with Gasteiger partial charge in [0.25, 0.3) is 5.62 Å². The fraction of sp³-hybridized carbons (Fsp3) is 0.500. The van der Waals surface area contributed by atoms with E-state index in [2.05, 4.69) is 35.3 Å². The molecule has 0 aromatic carbocycles. The van der Waals surface area contributed by atoms with Gasteiger partial charge in [-0.15, -0.1) is 0 Å². The number of hydrogen-bond donors (Lipinski definition) is 5. The molecule has 0 saturated heterocycles. The van der Waals surface area contributed by atoms with Crippen LogP contribution in [0.2, 0.25) is 0 Å². The molecule has 0 bridgehead atoms. The van der Waals surface area contributed by atoms with Gasteiger partial charge in [-0.1, -0.05) is 0 Å². The van der Waals surface area contributed by atoms with Crippen LogP contribution in [0.4, 0.5) is 5.95 Å². The first-order valence-corrected chi connectivity index (χ1v) is 9.90. The quantitative estimate of drug-likeness (QED) is 0.382. The first-order valence-electron chi connectivity index (χ1n) is 9.90. The second kappa shape index (κ2) is 6.99. The minimum atomic E-state index is -0.484. The highest BCUT2D eigenvalue weighted by molar-refractivity contribution is 5.57. The number of H-pyrrole nitrogens is 2. The standard InChI is InChI=1S/C18H23N9O2/c19-10-1-3-11(4-2-10)21-16-24-14-9(7-13-15(28)25-18(29)23-13)8-20-27(14)17(26-16)22-12-5-6-12/h7-8,10-12,28H,1-6,19H2,(H,21,22,26)(H2,23,25,29)/b9-7-. The number of nitrogens with zero attached hydrogens (tertiary/aromatic N) is 5. The van der Waals surface area contributed by atoms with E-state index in [9.17, 15) is 9.90 Å². The maximum atomic E-state index is 11.4. The summed E-state index contributed by atoms with van der Waals surface area (Å²) in [5, 5.41) is 18.3. The molecule has 2 aliphatic rings. The lowest BCUT2D eigenvalue weighted by Gasteiger charge is -2.26. The van der Waals surface area contributed by atoms with E-state index in [4.69, 9.17) is 5.73 Å². The molecule has 2 saturated carbocycles. The van der Waals surface area contributed by atoms with Crippen molar-refractivity contribution >= 4 is 17.7 Å². The van der Waals surface area contributed by atoms with E-state index in [0.717, 1.165) is 38.5 Å². The lowest BCUT2D eigenvalue weighted by atomic mass is 9.92. The summed E-state index contributed by atoms with van der Waals surface area (Å²) in [4.78, 5) is 30.1. The minimum absolute atomic E-state index is 0.233. The van der Waals surface area contributed by atoms with Crippen LogP contribution in [0.25, 0.3) is 11.7 Å². The van der Waals surface area contributed by atoms with Crippen molar-refractivity contribution in [3.63, 3.8) is 0 Å². The van der Waals surface area contributed by atoms with Gasteiger partial charge in [-0.2, -0.15) is 19.6 Å². The molecule has 3 aromatic rings. The fourth-order valence-electron chi connectivity index (χ4n) is 3.59. The Bertz CT molecular complexity index is 1210. The number of anilines is 1. The molecule has 2 fully saturated rings. The molecular weight excluding hydrogens is 374 g/mol. The van der Waals surface area contributed by atoms with Crippen LogP contribution in [0.5, 0.6) is 5.88 Å². The van der Waals surface area contributed by atoms with Crippen LogP contribution in [0, 0.1) is 0 Å². The van der Waals surface area contributed by atoms with Gasteiger partial charge < -0.3 is 21.1 Å². The Labute approximate surface area is 164 Å². The van der Waals surface area contributed by atoms with Gasteiger partial charge in [0.1, 0.15) is 5.69 Å². The van der Waals surface area contributed by atoms with Crippen LogP contribution in [-0.2, 0) is 0 Å². The summed E-state index contributed by atoms with van der Waals surface area (Å²) in [5.74, 6) is 0.266. The lowest BCUT2D eigenvalue weighted by molar-refractivity contribution is 0.409. The van der Waals surface area contributed by atoms with Crippen LogP contribution < -0.4 is 27.6 Å². The molecule has 0 unspecified atom stereocenters. The maximum absolute atomic E-state index is 11.4. The number of nitrogens with two attached hydrogens (primary N) is 1. The summed E-state index contributed by atoms with van der Waals surface area (Å²) in [7, 11) is 0. The number of rotatable bonds is 4. The number of aromatic hydroxyl groups is 1. The molecule has 0 atom stereocenters. The predicted molar refractivity (Wildman–Crippen MR) is 105 cm³/mol. The molecule has 29 heavy (non-hydrogen) atoms. The molecule has 11 heteroatoms. The third-order valence-corrected chi connectivity index (χ3v) is 5.36. The smallest absolute Gasteiger partial charge is 0.326 e. The highest BCUT2D eigenvalue weighted by Gasteiger charge is 2.22. The molecule has 11 nitrogen and oxygen atoms in total. The van der Waals surface area contributed by atoms with Crippen molar-refractivity contribution in [2.45, 2.75) is 56.7 Å². The van der Waals surface area contributed by atoms with Crippen LogP contribution in [0.1, 0.15) is 44.2 Å². The number of aromatic amines is 2. The maximum Gasteiger partial charge on any atom is 0.326 e. The molecule has 6 N–H and O–H groups in total. The Balaban J connectivity index is 1.59. The highest BCUT2D eigenvalue weighted by Crippen LogP contribution is 2.22. The number of imidazole rings is 1. The number of fused-ring (bicyclic) bond motifs is 1. The van der Waals surface area contributed by atoms with Crippen molar-refractivity contribution in [2.24, 2.45) is 10.7 Å². The van der Waals surface area contributed by atoms with E-state index in [1.54, 1.807) is 16.8 Å².